The molecule has 1 aliphatic rings. The molecular formula is C25H30N6O4. The zero-order valence-electron chi connectivity index (χ0n) is 19.9. The highest BCUT2D eigenvalue weighted by Gasteiger charge is 2.23. The highest BCUT2D eigenvalue weighted by molar-refractivity contribution is 5.90. The van der Waals surface area contributed by atoms with Crippen molar-refractivity contribution >= 4 is 34.3 Å². The molecule has 0 bridgehead atoms. The molecule has 0 aliphatic heterocycles. The normalized spacial score (nSPS) is 17.5. The topological polar surface area (TPSA) is 123 Å². The van der Waals surface area contributed by atoms with Crippen LogP contribution in [-0.2, 0) is 4.79 Å². The molecule has 35 heavy (non-hydrogen) atoms. The second-order valence-electron chi connectivity index (χ2n) is 8.96. The molecule has 10 heteroatoms. The second kappa shape index (κ2) is 11.0. The van der Waals surface area contributed by atoms with E-state index in [0.29, 0.717) is 18.4 Å². The number of nitro groups is 1. The summed E-state index contributed by atoms with van der Waals surface area (Å²) in [5, 5.41) is 18.5. The predicted octanol–water partition coefficient (Wildman–Crippen LogP) is 3.77. The van der Waals surface area contributed by atoms with E-state index in [2.05, 4.69) is 10.6 Å². The minimum Gasteiger partial charge on any atom is -0.477 e. The average Bonchev–Trinajstić information content (AvgIpc) is 2.86. The molecule has 1 aliphatic carbocycles. The Morgan fingerprint density at radius 3 is 2.54 bits per heavy atom. The van der Waals surface area contributed by atoms with Crippen molar-refractivity contribution in [2.75, 3.05) is 37.5 Å². The standard InChI is InChI=1S/C25H30N6O4/c1-30(2)24-19-7-3-4-8-20(19)28-25(29-24)27-18-13-11-17(12-14-18)15-26-23(32)16-35-22-10-6-5-9-21(22)31(33)34/h3-10,17-18H,11-16H2,1-2H3,(H,26,32)(H,27,28,29). The maximum atomic E-state index is 12.2. The number of rotatable bonds is 9. The Morgan fingerprint density at radius 2 is 1.80 bits per heavy atom. The fourth-order valence-corrected chi connectivity index (χ4v) is 4.34. The van der Waals surface area contributed by atoms with Crippen molar-refractivity contribution < 1.29 is 14.5 Å². The number of amides is 1. The maximum absolute atomic E-state index is 12.2. The molecule has 0 spiro atoms. The second-order valence-corrected chi connectivity index (χ2v) is 8.96. The molecule has 1 saturated carbocycles. The summed E-state index contributed by atoms with van der Waals surface area (Å²) in [5.41, 5.74) is 0.757. The van der Waals surface area contributed by atoms with Gasteiger partial charge in [-0.15, -0.1) is 0 Å². The monoisotopic (exact) mass is 478 g/mol. The van der Waals surface area contributed by atoms with E-state index in [1.54, 1.807) is 12.1 Å². The molecule has 1 aromatic heterocycles. The van der Waals surface area contributed by atoms with Gasteiger partial charge in [-0.25, -0.2) is 4.98 Å². The number of anilines is 2. The fraction of sp³-hybridized carbons (Fsp3) is 0.400. The van der Waals surface area contributed by atoms with Crippen molar-refractivity contribution in [3.05, 3.63) is 58.6 Å². The number of nitrogens with one attached hydrogen (secondary N) is 2. The number of hydrogen-bond donors (Lipinski definition) is 2. The van der Waals surface area contributed by atoms with E-state index in [1.807, 2.05) is 43.3 Å². The number of hydrogen-bond acceptors (Lipinski definition) is 8. The molecule has 1 heterocycles. The van der Waals surface area contributed by atoms with Crippen molar-refractivity contribution in [3.63, 3.8) is 0 Å². The van der Waals surface area contributed by atoms with Gasteiger partial charge in [-0.2, -0.15) is 4.98 Å². The molecule has 3 aromatic rings. The lowest BCUT2D eigenvalue weighted by Gasteiger charge is -2.29. The van der Waals surface area contributed by atoms with Crippen LogP contribution in [0.1, 0.15) is 25.7 Å². The number of para-hydroxylation sites is 3. The summed E-state index contributed by atoms with van der Waals surface area (Å²) in [5.74, 6) is 1.70. The fourth-order valence-electron chi connectivity index (χ4n) is 4.34. The molecule has 4 rings (SSSR count). The Morgan fingerprint density at radius 1 is 1.09 bits per heavy atom. The third-order valence-corrected chi connectivity index (χ3v) is 6.20. The van der Waals surface area contributed by atoms with E-state index in [1.165, 1.54) is 12.1 Å². The number of nitro benzene ring substituents is 1. The molecule has 1 fully saturated rings. The van der Waals surface area contributed by atoms with Gasteiger partial charge in [-0.3, -0.25) is 14.9 Å². The Kier molecular flexibility index (Phi) is 7.59. The largest absolute Gasteiger partial charge is 0.477 e. The van der Waals surface area contributed by atoms with Crippen LogP contribution in [0.15, 0.2) is 48.5 Å². The lowest BCUT2D eigenvalue weighted by atomic mass is 9.86. The highest BCUT2D eigenvalue weighted by atomic mass is 16.6. The van der Waals surface area contributed by atoms with Crippen LogP contribution in [0.2, 0.25) is 0 Å². The van der Waals surface area contributed by atoms with Gasteiger partial charge in [0.25, 0.3) is 5.91 Å². The van der Waals surface area contributed by atoms with Gasteiger partial charge in [-0.05, 0) is 49.8 Å². The summed E-state index contributed by atoms with van der Waals surface area (Å²) < 4.78 is 5.36. The number of ether oxygens (including phenoxy) is 1. The van der Waals surface area contributed by atoms with Crippen LogP contribution in [0.3, 0.4) is 0 Å². The number of benzene rings is 2. The van der Waals surface area contributed by atoms with Gasteiger partial charge in [0, 0.05) is 38.1 Å². The summed E-state index contributed by atoms with van der Waals surface area (Å²) >= 11 is 0. The summed E-state index contributed by atoms with van der Waals surface area (Å²) in [4.78, 5) is 34.1. The highest BCUT2D eigenvalue weighted by Crippen LogP contribution is 2.28. The van der Waals surface area contributed by atoms with Crippen LogP contribution in [0.5, 0.6) is 5.75 Å². The van der Waals surface area contributed by atoms with E-state index in [0.717, 1.165) is 42.4 Å². The first-order chi connectivity index (χ1) is 16.9. The van der Waals surface area contributed by atoms with Crippen molar-refractivity contribution in [1.82, 2.24) is 15.3 Å². The van der Waals surface area contributed by atoms with Gasteiger partial charge in [0.15, 0.2) is 12.4 Å². The number of carbonyl (C=O) groups is 1. The molecule has 2 aromatic carbocycles. The molecule has 1 amide bonds. The van der Waals surface area contributed by atoms with E-state index in [-0.39, 0.29) is 30.0 Å². The van der Waals surface area contributed by atoms with E-state index < -0.39 is 4.92 Å². The molecule has 184 valence electrons. The van der Waals surface area contributed by atoms with Gasteiger partial charge in [0.05, 0.1) is 10.4 Å². The molecule has 0 radical (unpaired) electrons. The van der Waals surface area contributed by atoms with Crippen molar-refractivity contribution in [1.29, 1.82) is 0 Å². The van der Waals surface area contributed by atoms with Crippen LogP contribution in [0.25, 0.3) is 10.9 Å². The molecule has 0 atom stereocenters. The zero-order valence-corrected chi connectivity index (χ0v) is 19.9. The van der Waals surface area contributed by atoms with Crippen LogP contribution < -0.4 is 20.3 Å². The molecule has 10 nitrogen and oxygen atoms in total. The summed E-state index contributed by atoms with van der Waals surface area (Å²) in [6.07, 6.45) is 3.86. The number of fused-ring (bicyclic) bond motifs is 1. The number of carbonyl (C=O) groups excluding carboxylic acids is 1. The molecule has 0 saturated heterocycles. The minimum absolute atomic E-state index is 0.0903. The lowest BCUT2D eigenvalue weighted by Crippen LogP contribution is -2.36. The van der Waals surface area contributed by atoms with Crippen molar-refractivity contribution in [3.8, 4) is 5.75 Å². The van der Waals surface area contributed by atoms with Crippen molar-refractivity contribution in [2.24, 2.45) is 5.92 Å². The first-order valence-corrected chi connectivity index (χ1v) is 11.7. The maximum Gasteiger partial charge on any atom is 0.310 e. The van der Waals surface area contributed by atoms with Gasteiger partial charge in [-0.1, -0.05) is 24.3 Å². The van der Waals surface area contributed by atoms with E-state index >= 15 is 0 Å². The van der Waals surface area contributed by atoms with Crippen LogP contribution >= 0.6 is 0 Å². The van der Waals surface area contributed by atoms with Gasteiger partial charge in [0.1, 0.15) is 5.82 Å². The van der Waals surface area contributed by atoms with Gasteiger partial charge >= 0.3 is 5.69 Å². The third-order valence-electron chi connectivity index (χ3n) is 6.20. The minimum atomic E-state index is -0.524. The van der Waals surface area contributed by atoms with Gasteiger partial charge in [0.2, 0.25) is 5.95 Å². The summed E-state index contributed by atoms with van der Waals surface area (Å²) in [7, 11) is 3.95. The Balaban J connectivity index is 1.24. The smallest absolute Gasteiger partial charge is 0.310 e. The van der Waals surface area contributed by atoms with Crippen LogP contribution in [-0.4, -0.2) is 54.1 Å². The average molecular weight is 479 g/mol. The van der Waals surface area contributed by atoms with Crippen LogP contribution in [0, 0.1) is 16.0 Å². The summed E-state index contributed by atoms with van der Waals surface area (Å²) in [6.45, 7) is 0.304. The third kappa shape index (κ3) is 6.14. The molecule has 2 N–H and O–H groups in total. The number of nitrogens with zero attached hydrogens (tertiary/aromatic N) is 4. The predicted molar refractivity (Wildman–Crippen MR) is 135 cm³/mol. The molecular weight excluding hydrogens is 448 g/mol. The number of aromatic nitrogens is 2. The van der Waals surface area contributed by atoms with Crippen molar-refractivity contribution in [2.45, 2.75) is 31.7 Å². The SMILES string of the molecule is CN(C)c1nc(NC2CCC(CNC(=O)COc3ccccc3[N+](=O)[O-])CC2)nc2ccccc12. The Bertz CT molecular complexity index is 1190. The molecule has 0 unspecified atom stereocenters. The first kappa shape index (κ1) is 24.2. The van der Waals surface area contributed by atoms with E-state index in [9.17, 15) is 14.9 Å². The van der Waals surface area contributed by atoms with Crippen LogP contribution in [0.4, 0.5) is 17.5 Å². The lowest BCUT2D eigenvalue weighted by molar-refractivity contribution is -0.385. The summed E-state index contributed by atoms with van der Waals surface area (Å²) in [6, 6.07) is 14.3. The van der Waals surface area contributed by atoms with Gasteiger partial charge < -0.3 is 20.3 Å². The zero-order chi connectivity index (χ0) is 24.8. The van der Waals surface area contributed by atoms with E-state index in [4.69, 9.17) is 14.7 Å². The Labute approximate surface area is 203 Å². The first-order valence-electron chi connectivity index (χ1n) is 11.7. The quantitative estimate of drug-likeness (QED) is 0.352. The Hall–Kier alpha value is -3.95.